The third kappa shape index (κ3) is 2.22. The SMILES string of the molecule is Cc1ccc([C@H]2[C@@H](C(=O)c3ccccc3)[C@]2(C#N)C(N)=O)cc1. The number of carbonyl (C=O) groups excluding carboxylic acids is 2. The molecule has 0 spiro atoms. The molecule has 4 heteroatoms. The Morgan fingerprint density at radius 2 is 1.70 bits per heavy atom. The third-order valence-electron chi connectivity index (χ3n) is 4.58. The zero-order chi connectivity index (χ0) is 16.6. The summed E-state index contributed by atoms with van der Waals surface area (Å²) in [4.78, 5) is 24.7. The lowest BCUT2D eigenvalue weighted by molar-refractivity contribution is -0.121. The van der Waals surface area contributed by atoms with Crippen molar-refractivity contribution in [2.75, 3.05) is 0 Å². The van der Waals surface area contributed by atoms with Crippen molar-refractivity contribution in [1.82, 2.24) is 0 Å². The van der Waals surface area contributed by atoms with Crippen molar-refractivity contribution in [2.45, 2.75) is 12.8 Å². The number of primary amides is 1. The molecule has 0 radical (unpaired) electrons. The van der Waals surface area contributed by atoms with Crippen LogP contribution in [0.3, 0.4) is 0 Å². The quantitative estimate of drug-likeness (QED) is 0.881. The molecule has 23 heavy (non-hydrogen) atoms. The van der Waals surface area contributed by atoms with Gasteiger partial charge in [0, 0.05) is 11.5 Å². The molecule has 0 aliphatic heterocycles. The van der Waals surface area contributed by atoms with Crippen LogP contribution in [0.15, 0.2) is 54.6 Å². The molecule has 1 amide bonds. The molecule has 4 nitrogen and oxygen atoms in total. The predicted octanol–water partition coefficient (Wildman–Crippen LogP) is 2.59. The summed E-state index contributed by atoms with van der Waals surface area (Å²) >= 11 is 0. The van der Waals surface area contributed by atoms with Crippen LogP contribution in [0.25, 0.3) is 0 Å². The maximum atomic E-state index is 12.8. The average Bonchev–Trinajstić information content (AvgIpc) is 3.26. The van der Waals surface area contributed by atoms with Crippen molar-refractivity contribution in [3.63, 3.8) is 0 Å². The van der Waals surface area contributed by atoms with E-state index in [1.807, 2.05) is 43.3 Å². The Hall–Kier alpha value is -2.93. The van der Waals surface area contributed by atoms with Crippen LogP contribution >= 0.6 is 0 Å². The normalized spacial score (nSPS) is 25.4. The van der Waals surface area contributed by atoms with Gasteiger partial charge >= 0.3 is 0 Å². The number of Topliss-reactive ketones (excluding diaryl/α,β-unsaturated/α-hetero) is 1. The van der Waals surface area contributed by atoms with Crippen molar-refractivity contribution >= 4 is 11.7 Å². The number of hydrogen-bond acceptors (Lipinski definition) is 3. The maximum absolute atomic E-state index is 12.8. The second-order valence-electron chi connectivity index (χ2n) is 5.94. The number of nitrogens with two attached hydrogens (primary N) is 1. The number of nitriles is 1. The topological polar surface area (TPSA) is 83.9 Å². The first-order valence-corrected chi connectivity index (χ1v) is 7.39. The van der Waals surface area contributed by atoms with Gasteiger partial charge in [0.25, 0.3) is 0 Å². The Morgan fingerprint density at radius 1 is 1.09 bits per heavy atom. The van der Waals surface area contributed by atoms with E-state index in [4.69, 9.17) is 5.73 Å². The van der Waals surface area contributed by atoms with Crippen LogP contribution in [0.4, 0.5) is 0 Å². The van der Waals surface area contributed by atoms with Gasteiger partial charge in [-0.1, -0.05) is 60.2 Å². The van der Waals surface area contributed by atoms with Crippen LogP contribution in [0.2, 0.25) is 0 Å². The van der Waals surface area contributed by atoms with Crippen LogP contribution in [0.5, 0.6) is 0 Å². The largest absolute Gasteiger partial charge is 0.368 e. The van der Waals surface area contributed by atoms with Gasteiger partial charge in [0.1, 0.15) is 0 Å². The maximum Gasteiger partial charge on any atom is 0.239 e. The van der Waals surface area contributed by atoms with Crippen LogP contribution in [-0.4, -0.2) is 11.7 Å². The summed E-state index contributed by atoms with van der Waals surface area (Å²) in [6, 6.07) is 18.2. The van der Waals surface area contributed by atoms with Crippen molar-refractivity contribution < 1.29 is 9.59 Å². The molecular weight excluding hydrogens is 288 g/mol. The second kappa shape index (κ2) is 5.36. The molecule has 0 heterocycles. The Bertz CT molecular complexity index is 806. The zero-order valence-electron chi connectivity index (χ0n) is 12.7. The molecule has 1 saturated carbocycles. The van der Waals surface area contributed by atoms with Crippen molar-refractivity contribution in [1.29, 1.82) is 5.26 Å². The number of carbonyl (C=O) groups is 2. The highest BCUT2D eigenvalue weighted by Crippen LogP contribution is 2.65. The van der Waals surface area contributed by atoms with Crippen LogP contribution in [-0.2, 0) is 4.79 Å². The highest BCUT2D eigenvalue weighted by Gasteiger charge is 2.73. The third-order valence-corrected chi connectivity index (χ3v) is 4.58. The van der Waals surface area contributed by atoms with Crippen LogP contribution < -0.4 is 5.73 Å². The molecule has 2 N–H and O–H groups in total. The summed E-state index contributed by atoms with van der Waals surface area (Å²) in [7, 11) is 0. The number of aryl methyl sites for hydroxylation is 1. The first-order chi connectivity index (χ1) is 11.0. The van der Waals surface area contributed by atoms with Gasteiger partial charge in [-0.25, -0.2) is 0 Å². The lowest BCUT2D eigenvalue weighted by Gasteiger charge is -2.03. The number of nitrogens with zero attached hydrogens (tertiary/aromatic N) is 1. The van der Waals surface area contributed by atoms with Crippen molar-refractivity contribution in [3.05, 3.63) is 71.3 Å². The standard InChI is InChI=1S/C19H16N2O2/c1-12-7-9-13(10-8-12)15-16(19(15,11-20)18(21)23)17(22)14-5-3-2-4-6-14/h2-10,15-16H,1H3,(H2,21,23)/t15-,16-,19+/m0/s1. The van der Waals surface area contributed by atoms with E-state index in [9.17, 15) is 14.9 Å². The Balaban J connectivity index is 2.04. The predicted molar refractivity (Wildman–Crippen MR) is 85.4 cm³/mol. The lowest BCUT2D eigenvalue weighted by atomic mass is 9.98. The van der Waals surface area contributed by atoms with E-state index in [1.165, 1.54) is 0 Å². The van der Waals surface area contributed by atoms with Gasteiger partial charge in [-0.15, -0.1) is 0 Å². The molecule has 1 aliphatic carbocycles. The zero-order valence-corrected chi connectivity index (χ0v) is 12.7. The summed E-state index contributed by atoms with van der Waals surface area (Å²) in [5, 5.41) is 9.58. The van der Waals surface area contributed by atoms with E-state index >= 15 is 0 Å². The number of hydrogen-bond donors (Lipinski definition) is 1. The molecule has 2 aromatic carbocycles. The Labute approximate surface area is 134 Å². The summed E-state index contributed by atoms with van der Waals surface area (Å²) in [5.74, 6) is -2.16. The van der Waals surface area contributed by atoms with Gasteiger partial charge in [0.2, 0.25) is 5.91 Å². The highest BCUT2D eigenvalue weighted by molar-refractivity contribution is 6.08. The molecular formula is C19H16N2O2. The molecule has 0 bridgehead atoms. The van der Waals surface area contributed by atoms with Gasteiger partial charge in [-0.2, -0.15) is 5.26 Å². The number of benzene rings is 2. The first kappa shape index (κ1) is 15.0. The molecule has 2 aromatic rings. The van der Waals surface area contributed by atoms with Gasteiger partial charge in [-0.05, 0) is 12.5 Å². The van der Waals surface area contributed by atoms with Gasteiger partial charge < -0.3 is 5.73 Å². The van der Waals surface area contributed by atoms with E-state index < -0.39 is 23.2 Å². The molecule has 1 fully saturated rings. The minimum absolute atomic E-state index is 0.212. The Kier molecular flexibility index (Phi) is 3.49. The molecule has 0 saturated heterocycles. The fourth-order valence-corrected chi connectivity index (χ4v) is 3.26. The van der Waals surface area contributed by atoms with Crippen LogP contribution in [0, 0.1) is 29.6 Å². The molecule has 1 aliphatic rings. The molecule has 0 aromatic heterocycles. The number of ketones is 1. The second-order valence-corrected chi connectivity index (χ2v) is 5.94. The summed E-state index contributed by atoms with van der Waals surface area (Å²) in [6.45, 7) is 1.95. The van der Waals surface area contributed by atoms with Crippen molar-refractivity contribution in [2.24, 2.45) is 17.1 Å². The van der Waals surface area contributed by atoms with Gasteiger partial charge in [0.15, 0.2) is 11.2 Å². The van der Waals surface area contributed by atoms with E-state index in [2.05, 4.69) is 0 Å². The monoisotopic (exact) mass is 304 g/mol. The fourth-order valence-electron chi connectivity index (χ4n) is 3.26. The first-order valence-electron chi connectivity index (χ1n) is 7.39. The number of rotatable bonds is 4. The molecule has 3 rings (SSSR count). The Morgan fingerprint density at radius 3 is 2.22 bits per heavy atom. The fraction of sp³-hybridized carbons (Fsp3) is 0.211. The summed E-state index contributed by atoms with van der Waals surface area (Å²) in [5.41, 5.74) is 6.40. The van der Waals surface area contributed by atoms with Gasteiger partial charge in [0.05, 0.1) is 12.0 Å². The molecule has 3 atom stereocenters. The van der Waals surface area contributed by atoms with Crippen LogP contribution in [0.1, 0.15) is 27.4 Å². The molecule has 114 valence electrons. The average molecular weight is 304 g/mol. The van der Waals surface area contributed by atoms with E-state index in [0.717, 1.165) is 11.1 Å². The minimum Gasteiger partial charge on any atom is -0.368 e. The number of amides is 1. The van der Waals surface area contributed by atoms with E-state index in [-0.39, 0.29) is 5.78 Å². The van der Waals surface area contributed by atoms with Crippen molar-refractivity contribution in [3.8, 4) is 6.07 Å². The minimum atomic E-state index is -1.46. The summed E-state index contributed by atoms with van der Waals surface area (Å²) < 4.78 is 0. The van der Waals surface area contributed by atoms with E-state index in [0.29, 0.717) is 5.56 Å². The van der Waals surface area contributed by atoms with E-state index in [1.54, 1.807) is 24.3 Å². The molecule has 0 unspecified atom stereocenters. The van der Waals surface area contributed by atoms with Gasteiger partial charge in [-0.3, -0.25) is 9.59 Å². The lowest BCUT2D eigenvalue weighted by Crippen LogP contribution is -2.27. The summed E-state index contributed by atoms with van der Waals surface area (Å²) in [6.07, 6.45) is 0. The smallest absolute Gasteiger partial charge is 0.239 e. The highest BCUT2D eigenvalue weighted by atomic mass is 16.2.